The van der Waals surface area contributed by atoms with Crippen LogP contribution in [0.4, 0.5) is 0 Å². The van der Waals surface area contributed by atoms with E-state index in [9.17, 15) is 14.4 Å². The second-order valence-corrected chi connectivity index (χ2v) is 10.5. The molecule has 0 aliphatic rings. The Morgan fingerprint density at radius 2 is 1.71 bits per heavy atom. The van der Waals surface area contributed by atoms with Gasteiger partial charge in [0.05, 0.1) is 6.42 Å². The van der Waals surface area contributed by atoms with Gasteiger partial charge in [0.2, 0.25) is 0 Å². The van der Waals surface area contributed by atoms with Crippen molar-refractivity contribution in [2.24, 2.45) is 0 Å². The Kier molecular flexibility index (Phi) is 6.27. The molecular weight excluding hydrogens is 232 g/mol. The van der Waals surface area contributed by atoms with E-state index in [2.05, 4.69) is 13.8 Å². The van der Waals surface area contributed by atoms with Gasteiger partial charge in [-0.15, -0.1) is 0 Å². The van der Waals surface area contributed by atoms with E-state index in [1.807, 2.05) is 13.1 Å². The number of carbonyl (C=O) groups excluding carboxylic acids is 2. The monoisotopic (exact) mass is 258 g/mol. The molecule has 0 rings (SSSR count). The quantitative estimate of drug-likeness (QED) is 0.413. The molecule has 100 valence electrons. The van der Waals surface area contributed by atoms with Gasteiger partial charge >= 0.3 is 0 Å². The molecule has 0 fully saturated rings. The lowest BCUT2D eigenvalue weighted by Crippen LogP contribution is -2.38. The third kappa shape index (κ3) is 6.73. The summed E-state index contributed by atoms with van der Waals surface area (Å²) >= 11 is 0. The predicted molar refractivity (Wildman–Crippen MR) is 72.5 cm³/mol. The summed E-state index contributed by atoms with van der Waals surface area (Å²) in [6.45, 7) is 9.54. The summed E-state index contributed by atoms with van der Waals surface area (Å²) in [5.41, 5.74) is 0. The fourth-order valence-corrected chi connectivity index (χ4v) is 2.35. The second-order valence-electron chi connectivity index (χ2n) is 6.07. The minimum atomic E-state index is -2.13. The Balaban J connectivity index is 3.86. The van der Waals surface area contributed by atoms with E-state index in [0.717, 1.165) is 19.3 Å². The SMILES string of the molecule is CC(=O)CC(=O)CCCCC(C)(C)[Si](C)(C)O. The van der Waals surface area contributed by atoms with Crippen molar-refractivity contribution in [3.05, 3.63) is 0 Å². The van der Waals surface area contributed by atoms with Gasteiger partial charge in [-0.25, -0.2) is 0 Å². The maximum atomic E-state index is 11.3. The molecular formula is C13H26O3Si. The van der Waals surface area contributed by atoms with Crippen molar-refractivity contribution in [2.45, 2.75) is 71.0 Å². The molecule has 0 aromatic rings. The molecule has 0 saturated carbocycles. The lowest BCUT2D eigenvalue weighted by atomic mass is 10.0. The van der Waals surface area contributed by atoms with Crippen LogP contribution in [0.15, 0.2) is 0 Å². The summed E-state index contributed by atoms with van der Waals surface area (Å²) in [5.74, 6) is -0.0185. The molecule has 0 spiro atoms. The van der Waals surface area contributed by atoms with Crippen molar-refractivity contribution >= 4 is 19.9 Å². The molecule has 1 N–H and O–H groups in total. The topological polar surface area (TPSA) is 54.4 Å². The number of hydrogen-bond donors (Lipinski definition) is 1. The summed E-state index contributed by atoms with van der Waals surface area (Å²) in [6, 6.07) is 0. The predicted octanol–water partition coefficient (Wildman–Crippen LogP) is 3.07. The summed E-state index contributed by atoms with van der Waals surface area (Å²) in [6.07, 6.45) is 3.26. The van der Waals surface area contributed by atoms with Gasteiger partial charge in [-0.1, -0.05) is 20.3 Å². The molecule has 0 heterocycles. The third-order valence-electron chi connectivity index (χ3n) is 3.61. The van der Waals surface area contributed by atoms with Crippen LogP contribution in [0.2, 0.25) is 18.1 Å². The Morgan fingerprint density at radius 3 is 2.12 bits per heavy atom. The maximum absolute atomic E-state index is 11.3. The second kappa shape index (κ2) is 6.45. The minimum Gasteiger partial charge on any atom is -0.432 e. The summed E-state index contributed by atoms with van der Waals surface area (Å²) in [5, 5.41) is -0.0172. The zero-order valence-electron chi connectivity index (χ0n) is 11.8. The van der Waals surface area contributed by atoms with E-state index < -0.39 is 8.32 Å². The summed E-state index contributed by atoms with van der Waals surface area (Å²) < 4.78 is 0. The average Bonchev–Trinajstić information content (AvgIpc) is 2.09. The largest absolute Gasteiger partial charge is 0.432 e. The Labute approximate surface area is 106 Å². The lowest BCUT2D eigenvalue weighted by Gasteiger charge is -2.35. The summed E-state index contributed by atoms with van der Waals surface area (Å²) in [4.78, 5) is 32.1. The van der Waals surface area contributed by atoms with Gasteiger partial charge in [0.25, 0.3) is 0 Å². The van der Waals surface area contributed by atoms with E-state index in [1.165, 1.54) is 6.92 Å². The first-order chi connectivity index (χ1) is 7.56. The fourth-order valence-electron chi connectivity index (χ4n) is 1.56. The van der Waals surface area contributed by atoms with Crippen LogP contribution < -0.4 is 0 Å². The molecule has 0 bridgehead atoms. The molecule has 0 atom stereocenters. The van der Waals surface area contributed by atoms with Crippen LogP contribution in [0.5, 0.6) is 0 Å². The van der Waals surface area contributed by atoms with Crippen LogP contribution in [0, 0.1) is 0 Å². The van der Waals surface area contributed by atoms with Crippen LogP contribution in [0.3, 0.4) is 0 Å². The van der Waals surface area contributed by atoms with Gasteiger partial charge in [-0.2, -0.15) is 0 Å². The molecule has 0 saturated heterocycles. The number of unbranched alkanes of at least 4 members (excludes halogenated alkanes) is 1. The number of carbonyl (C=O) groups is 2. The highest BCUT2D eigenvalue weighted by atomic mass is 28.4. The lowest BCUT2D eigenvalue weighted by molar-refractivity contribution is -0.125. The van der Waals surface area contributed by atoms with Crippen molar-refractivity contribution in [3.8, 4) is 0 Å². The number of Topliss-reactive ketones (excluding diaryl/α,β-unsaturated/α-hetero) is 2. The maximum Gasteiger partial charge on any atom is 0.188 e. The minimum absolute atomic E-state index is 0.0172. The molecule has 0 unspecified atom stereocenters. The van der Waals surface area contributed by atoms with E-state index in [4.69, 9.17) is 0 Å². The number of ketones is 2. The average molecular weight is 258 g/mol. The molecule has 3 nitrogen and oxygen atoms in total. The van der Waals surface area contributed by atoms with Crippen LogP contribution in [0.25, 0.3) is 0 Å². The highest BCUT2D eigenvalue weighted by Crippen LogP contribution is 2.40. The van der Waals surface area contributed by atoms with Crippen LogP contribution in [0.1, 0.15) is 52.9 Å². The molecule has 0 aliphatic carbocycles. The van der Waals surface area contributed by atoms with Crippen LogP contribution in [-0.2, 0) is 9.59 Å². The van der Waals surface area contributed by atoms with Gasteiger partial charge in [-0.3, -0.25) is 9.59 Å². The van der Waals surface area contributed by atoms with Gasteiger partial charge in [0.15, 0.2) is 8.32 Å². The van der Waals surface area contributed by atoms with Gasteiger partial charge in [-0.05, 0) is 37.9 Å². The van der Waals surface area contributed by atoms with Crippen molar-refractivity contribution < 1.29 is 14.4 Å². The Hall–Kier alpha value is -0.483. The smallest absolute Gasteiger partial charge is 0.188 e. The van der Waals surface area contributed by atoms with Crippen LogP contribution in [-0.4, -0.2) is 24.7 Å². The Bertz CT molecular complexity index is 277. The van der Waals surface area contributed by atoms with Crippen molar-refractivity contribution in [1.82, 2.24) is 0 Å². The zero-order valence-corrected chi connectivity index (χ0v) is 12.8. The van der Waals surface area contributed by atoms with E-state index in [-0.39, 0.29) is 23.0 Å². The van der Waals surface area contributed by atoms with Gasteiger partial charge in [0, 0.05) is 6.42 Å². The van der Waals surface area contributed by atoms with Crippen molar-refractivity contribution in [2.75, 3.05) is 0 Å². The molecule has 0 aliphatic heterocycles. The van der Waals surface area contributed by atoms with Crippen molar-refractivity contribution in [3.63, 3.8) is 0 Å². The normalized spacial score (nSPS) is 12.6. The molecule has 0 aromatic carbocycles. The third-order valence-corrected chi connectivity index (χ3v) is 7.17. The Morgan fingerprint density at radius 1 is 1.18 bits per heavy atom. The first-order valence-corrected chi connectivity index (χ1v) is 9.24. The van der Waals surface area contributed by atoms with Gasteiger partial charge < -0.3 is 4.80 Å². The van der Waals surface area contributed by atoms with Crippen LogP contribution >= 0.6 is 0 Å². The zero-order chi connectivity index (χ0) is 13.7. The van der Waals surface area contributed by atoms with E-state index in [1.54, 1.807) is 0 Å². The van der Waals surface area contributed by atoms with Gasteiger partial charge in [0.1, 0.15) is 11.6 Å². The first kappa shape index (κ1) is 16.5. The fraction of sp³-hybridized carbons (Fsp3) is 0.846. The molecule has 4 heteroatoms. The highest BCUT2D eigenvalue weighted by Gasteiger charge is 2.37. The molecule has 0 amide bonds. The number of rotatable bonds is 8. The molecule has 0 radical (unpaired) electrons. The van der Waals surface area contributed by atoms with E-state index in [0.29, 0.717) is 6.42 Å². The number of hydrogen-bond acceptors (Lipinski definition) is 3. The molecule has 0 aromatic heterocycles. The first-order valence-electron chi connectivity index (χ1n) is 6.30. The van der Waals surface area contributed by atoms with Crippen molar-refractivity contribution in [1.29, 1.82) is 0 Å². The standard InChI is InChI=1S/C13H26O3Si/c1-11(14)10-12(15)8-6-7-9-13(2,3)17(4,5)16/h16H,6-10H2,1-5H3. The summed E-state index contributed by atoms with van der Waals surface area (Å²) in [7, 11) is -2.13. The van der Waals surface area contributed by atoms with E-state index >= 15 is 0 Å². The molecule has 17 heavy (non-hydrogen) atoms. The highest BCUT2D eigenvalue weighted by molar-refractivity contribution is 6.72.